The van der Waals surface area contributed by atoms with Crippen LogP contribution in [0.4, 0.5) is 16.4 Å². The molecule has 15 heteroatoms. The molecule has 0 bridgehead atoms. The molecule has 2 aromatic carbocycles. The van der Waals surface area contributed by atoms with Crippen molar-refractivity contribution in [3.8, 4) is 22.5 Å². The first-order valence-electron chi connectivity index (χ1n) is 18.1. The Morgan fingerprint density at radius 1 is 0.962 bits per heavy atom. The van der Waals surface area contributed by atoms with Crippen LogP contribution in [-0.2, 0) is 25.5 Å². The van der Waals surface area contributed by atoms with E-state index in [4.69, 9.17) is 9.47 Å². The Morgan fingerprint density at radius 3 is 2.34 bits per heavy atom. The molecule has 6 rings (SSSR count). The third kappa shape index (κ3) is 10.5. The zero-order valence-electron chi connectivity index (χ0n) is 30.3. The summed E-state index contributed by atoms with van der Waals surface area (Å²) in [7, 11) is 0. The van der Waals surface area contributed by atoms with Crippen molar-refractivity contribution in [1.29, 1.82) is 0 Å². The molecule has 1 aliphatic carbocycles. The molecule has 15 nitrogen and oxygen atoms in total. The van der Waals surface area contributed by atoms with E-state index >= 15 is 0 Å². The molecule has 1 aliphatic heterocycles. The first-order valence-corrected chi connectivity index (χ1v) is 18.1. The number of aromatic nitrogens is 5. The highest BCUT2D eigenvalue weighted by Gasteiger charge is 2.30. The van der Waals surface area contributed by atoms with Crippen molar-refractivity contribution in [3.63, 3.8) is 0 Å². The highest BCUT2D eigenvalue weighted by molar-refractivity contribution is 5.97. The van der Waals surface area contributed by atoms with Gasteiger partial charge in [0.1, 0.15) is 11.6 Å². The minimum Gasteiger partial charge on any atom is -0.444 e. The summed E-state index contributed by atoms with van der Waals surface area (Å²) in [4.78, 5) is 65.1. The Kier molecular flexibility index (Phi) is 11.8. The first kappa shape index (κ1) is 37.2. The van der Waals surface area contributed by atoms with Gasteiger partial charge in [-0.15, -0.1) is 0 Å². The number of alkyl carbamates (subject to hydrolysis) is 1. The van der Waals surface area contributed by atoms with Crippen LogP contribution in [0.3, 0.4) is 0 Å². The first-order chi connectivity index (χ1) is 25.5. The molecule has 1 saturated heterocycles. The molecular formula is C38H47N9O6. The number of rotatable bonds is 11. The van der Waals surface area contributed by atoms with E-state index in [1.807, 2.05) is 45.0 Å². The molecule has 2 aromatic heterocycles. The normalized spacial score (nSPS) is 18.1. The van der Waals surface area contributed by atoms with Gasteiger partial charge in [-0.2, -0.15) is 5.10 Å². The lowest BCUT2D eigenvalue weighted by Crippen LogP contribution is -2.48. The average molecular weight is 726 g/mol. The van der Waals surface area contributed by atoms with Crippen LogP contribution in [0.2, 0.25) is 0 Å². The highest BCUT2D eigenvalue weighted by atomic mass is 16.6. The third-order valence-corrected chi connectivity index (χ3v) is 9.34. The summed E-state index contributed by atoms with van der Waals surface area (Å²) in [5, 5.41) is 15.1. The van der Waals surface area contributed by atoms with Crippen molar-refractivity contribution in [3.05, 3.63) is 77.0 Å². The van der Waals surface area contributed by atoms with Crippen molar-refractivity contribution in [1.82, 2.24) is 35.8 Å². The summed E-state index contributed by atoms with van der Waals surface area (Å²) in [5.41, 5.74) is 2.80. The third-order valence-electron chi connectivity index (χ3n) is 9.34. The lowest BCUT2D eigenvalue weighted by atomic mass is 9.81. The number of anilines is 2. The maximum atomic E-state index is 13.9. The van der Waals surface area contributed by atoms with Gasteiger partial charge in [-0.1, -0.05) is 24.3 Å². The van der Waals surface area contributed by atoms with Gasteiger partial charge in [0.15, 0.2) is 5.82 Å². The molecule has 280 valence electrons. The van der Waals surface area contributed by atoms with Crippen LogP contribution in [-0.4, -0.2) is 87.5 Å². The number of morpholine rings is 1. The number of ether oxygens (including phenoxy) is 2. The maximum absolute atomic E-state index is 13.9. The standard InChI is InChI=1S/C38H47N9O6/c1-38(2,3)53-37(51)41-21-24-7-9-27(10-8-24)33(48)43-31(34(49)42-30-13-11-26(12-14-30)32-44-36(50)46-45-32)20-25-5-4-6-28(19-25)29-22-39-35(40-23-29)47-15-17-52-18-16-47/h4-6,11-14,19,22-24,27,31H,7-10,15-18,20-21H2,1-3H3,(H,41,51)(H,42,49)(H,43,48)(H2,44,45,46,50)/t24?,27?,31-/m0/s1. The molecular weight excluding hydrogens is 678 g/mol. The fraction of sp³-hybridized carbons (Fsp3) is 0.447. The van der Waals surface area contributed by atoms with E-state index in [2.05, 4.69) is 46.0 Å². The Labute approximate surface area is 307 Å². The number of amides is 3. The van der Waals surface area contributed by atoms with Gasteiger partial charge in [-0.3, -0.25) is 14.6 Å². The lowest BCUT2D eigenvalue weighted by molar-refractivity contribution is -0.130. The molecule has 3 heterocycles. The van der Waals surface area contributed by atoms with Gasteiger partial charge >= 0.3 is 11.8 Å². The smallest absolute Gasteiger partial charge is 0.407 e. The predicted molar refractivity (Wildman–Crippen MR) is 199 cm³/mol. The number of nitrogens with one attached hydrogen (secondary N) is 5. The van der Waals surface area contributed by atoms with Gasteiger partial charge in [0.25, 0.3) is 0 Å². The minimum absolute atomic E-state index is 0.176. The number of hydrogen-bond acceptors (Lipinski definition) is 10. The molecule has 1 atom stereocenters. The van der Waals surface area contributed by atoms with Crippen LogP contribution in [0, 0.1) is 11.8 Å². The van der Waals surface area contributed by atoms with Crippen LogP contribution in [0.1, 0.15) is 52.0 Å². The second-order valence-corrected chi connectivity index (χ2v) is 14.5. The zero-order chi connectivity index (χ0) is 37.4. The molecule has 0 unspecified atom stereocenters. The Morgan fingerprint density at radius 2 is 1.68 bits per heavy atom. The number of carbonyl (C=O) groups excluding carboxylic acids is 3. The van der Waals surface area contributed by atoms with Crippen molar-refractivity contribution in [2.75, 3.05) is 43.1 Å². The summed E-state index contributed by atoms with van der Waals surface area (Å²) in [6, 6.07) is 13.8. The van der Waals surface area contributed by atoms with E-state index in [0.29, 0.717) is 55.6 Å². The van der Waals surface area contributed by atoms with Gasteiger partial charge in [0.2, 0.25) is 17.8 Å². The van der Waals surface area contributed by atoms with E-state index in [0.717, 1.165) is 42.6 Å². The Hall–Kier alpha value is -5.57. The van der Waals surface area contributed by atoms with Gasteiger partial charge in [-0.05, 0) is 87.8 Å². The van der Waals surface area contributed by atoms with E-state index in [1.54, 1.807) is 36.7 Å². The van der Waals surface area contributed by atoms with E-state index in [-0.39, 0.29) is 30.1 Å². The summed E-state index contributed by atoms with van der Waals surface area (Å²) in [5.74, 6) is 0.485. The SMILES string of the molecule is CC(C)(C)OC(=O)NCC1CCC(C(=O)N[C@@H](Cc2cccc(-c3cnc(N4CCOCC4)nc3)c2)C(=O)Nc2ccc(-c3n[nH]c(=O)[nH]3)cc2)CC1. The van der Waals surface area contributed by atoms with Crippen LogP contribution in [0.15, 0.2) is 65.7 Å². The molecule has 1 saturated carbocycles. The van der Waals surface area contributed by atoms with E-state index in [1.165, 1.54) is 0 Å². The second-order valence-electron chi connectivity index (χ2n) is 14.5. The van der Waals surface area contributed by atoms with Gasteiger partial charge in [-0.25, -0.2) is 24.7 Å². The zero-order valence-corrected chi connectivity index (χ0v) is 30.3. The van der Waals surface area contributed by atoms with Crippen molar-refractivity contribution >= 4 is 29.5 Å². The number of carbonyl (C=O) groups is 3. The summed E-state index contributed by atoms with van der Waals surface area (Å²) in [6.07, 6.45) is 6.23. The van der Waals surface area contributed by atoms with E-state index in [9.17, 15) is 19.2 Å². The van der Waals surface area contributed by atoms with Gasteiger partial charge in [0.05, 0.1) is 13.2 Å². The molecule has 0 spiro atoms. The molecule has 2 fully saturated rings. The number of aromatic amines is 2. The Balaban J connectivity index is 1.12. The van der Waals surface area contributed by atoms with Gasteiger partial charge in [0, 0.05) is 61.2 Å². The lowest BCUT2D eigenvalue weighted by Gasteiger charge is -2.29. The van der Waals surface area contributed by atoms with Crippen molar-refractivity contribution in [2.24, 2.45) is 11.8 Å². The minimum atomic E-state index is -0.869. The fourth-order valence-electron chi connectivity index (χ4n) is 6.53. The fourth-order valence-corrected chi connectivity index (χ4v) is 6.53. The van der Waals surface area contributed by atoms with Crippen LogP contribution < -0.4 is 26.5 Å². The van der Waals surface area contributed by atoms with Crippen LogP contribution in [0.5, 0.6) is 0 Å². The largest absolute Gasteiger partial charge is 0.444 e. The summed E-state index contributed by atoms with van der Waals surface area (Å²) >= 11 is 0. The highest BCUT2D eigenvalue weighted by Crippen LogP contribution is 2.29. The summed E-state index contributed by atoms with van der Waals surface area (Å²) < 4.78 is 10.8. The summed E-state index contributed by atoms with van der Waals surface area (Å²) in [6.45, 7) is 8.73. The molecule has 4 aromatic rings. The van der Waals surface area contributed by atoms with E-state index < -0.39 is 23.4 Å². The Bertz CT molecular complexity index is 1910. The molecule has 2 aliphatic rings. The molecule has 3 amide bonds. The molecule has 53 heavy (non-hydrogen) atoms. The molecule has 5 N–H and O–H groups in total. The predicted octanol–water partition coefficient (Wildman–Crippen LogP) is 4.06. The van der Waals surface area contributed by atoms with Crippen LogP contribution >= 0.6 is 0 Å². The number of H-pyrrole nitrogens is 2. The van der Waals surface area contributed by atoms with Crippen LogP contribution in [0.25, 0.3) is 22.5 Å². The maximum Gasteiger partial charge on any atom is 0.407 e. The average Bonchev–Trinajstić information content (AvgIpc) is 3.60. The van der Waals surface area contributed by atoms with Crippen molar-refractivity contribution in [2.45, 2.75) is 64.5 Å². The quantitative estimate of drug-likeness (QED) is 0.150. The number of hydrogen-bond donors (Lipinski definition) is 5. The van der Waals surface area contributed by atoms with Gasteiger partial charge < -0.3 is 30.3 Å². The number of benzene rings is 2. The molecule has 0 radical (unpaired) electrons. The topological polar surface area (TPSA) is 196 Å². The number of nitrogens with zero attached hydrogens (tertiary/aromatic N) is 4. The van der Waals surface area contributed by atoms with Crippen molar-refractivity contribution < 1.29 is 23.9 Å². The second kappa shape index (κ2) is 16.8. The monoisotopic (exact) mass is 725 g/mol.